The van der Waals surface area contributed by atoms with Crippen LogP contribution in [0.25, 0.3) is 0 Å². The van der Waals surface area contributed by atoms with E-state index in [4.69, 9.17) is 4.74 Å². The van der Waals surface area contributed by atoms with Gasteiger partial charge in [-0.15, -0.1) is 0 Å². The summed E-state index contributed by atoms with van der Waals surface area (Å²) in [6, 6.07) is 5.00. The van der Waals surface area contributed by atoms with Gasteiger partial charge >= 0.3 is 0 Å². The van der Waals surface area contributed by atoms with Crippen molar-refractivity contribution in [3.8, 4) is 5.75 Å². The lowest BCUT2D eigenvalue weighted by molar-refractivity contribution is -0.136. The third-order valence-electron chi connectivity index (χ3n) is 7.98. The second kappa shape index (κ2) is 9.84. The number of hydrogen-bond donors (Lipinski definition) is 2. The van der Waals surface area contributed by atoms with E-state index in [1.807, 2.05) is 12.1 Å². The van der Waals surface area contributed by atoms with Crippen LogP contribution in [0.5, 0.6) is 5.75 Å². The maximum Gasteiger partial charge on any atom is 0.255 e. The number of ether oxygens (including phenoxy) is 1. The largest absolute Gasteiger partial charge is 0.490 e. The van der Waals surface area contributed by atoms with Gasteiger partial charge in [0, 0.05) is 18.5 Å². The molecule has 1 atom stereocenters. The van der Waals surface area contributed by atoms with Crippen LogP contribution in [0.4, 0.5) is 0 Å². The molecule has 7 nitrogen and oxygen atoms in total. The second-order valence-corrected chi connectivity index (χ2v) is 10.2. The fourth-order valence-corrected chi connectivity index (χ4v) is 5.56. The van der Waals surface area contributed by atoms with Gasteiger partial charge in [0.1, 0.15) is 11.8 Å². The Morgan fingerprint density at radius 1 is 0.879 bits per heavy atom. The van der Waals surface area contributed by atoms with Gasteiger partial charge in [-0.3, -0.25) is 19.7 Å². The lowest BCUT2D eigenvalue weighted by Gasteiger charge is -2.39. The van der Waals surface area contributed by atoms with Gasteiger partial charge in [0.2, 0.25) is 11.8 Å². The third kappa shape index (κ3) is 4.93. The number of nitrogens with one attached hydrogen (secondary N) is 2. The van der Waals surface area contributed by atoms with Gasteiger partial charge in [-0.2, -0.15) is 0 Å². The van der Waals surface area contributed by atoms with E-state index in [-0.39, 0.29) is 30.2 Å². The number of carbonyl (C=O) groups excluding carboxylic acids is 3. The van der Waals surface area contributed by atoms with Crippen molar-refractivity contribution in [3.05, 3.63) is 29.3 Å². The van der Waals surface area contributed by atoms with Gasteiger partial charge in [-0.25, -0.2) is 0 Å². The van der Waals surface area contributed by atoms with Crippen LogP contribution in [-0.2, 0) is 16.1 Å². The van der Waals surface area contributed by atoms with Gasteiger partial charge in [0.05, 0.1) is 6.10 Å². The SMILES string of the molecule is C1CC(C2CNC2)C1.O=C1CCC(N2Cc3cc(OC4CCCCC4)ccc3C2=O)C(=O)N1. The van der Waals surface area contributed by atoms with Gasteiger partial charge in [-0.05, 0) is 80.8 Å². The van der Waals surface area contributed by atoms with E-state index in [1.165, 1.54) is 51.6 Å². The smallest absolute Gasteiger partial charge is 0.255 e. The van der Waals surface area contributed by atoms with Crippen molar-refractivity contribution in [1.82, 2.24) is 15.5 Å². The molecule has 3 aliphatic heterocycles. The standard InChI is InChI=1S/C19H22N2O4.C7H13N/c22-17-9-8-16(18(23)20-17)21-11-12-10-14(6-7-15(12)19(21)24)25-13-4-2-1-3-5-13;1-2-6(3-1)7-4-8-5-7/h6-7,10,13,16H,1-5,8-9,11H2,(H,20,22,23);6-8H,1-5H2. The average Bonchev–Trinajstić information content (AvgIpc) is 3.06. The monoisotopic (exact) mass is 453 g/mol. The molecule has 2 saturated heterocycles. The second-order valence-electron chi connectivity index (χ2n) is 10.2. The Bertz CT molecular complexity index is 891. The van der Waals surface area contributed by atoms with Crippen LogP contribution in [0, 0.1) is 11.8 Å². The molecule has 0 radical (unpaired) electrons. The zero-order chi connectivity index (χ0) is 22.8. The number of rotatable bonds is 4. The maximum atomic E-state index is 12.6. The van der Waals surface area contributed by atoms with E-state index in [0.29, 0.717) is 18.5 Å². The molecule has 3 amide bonds. The van der Waals surface area contributed by atoms with E-state index in [9.17, 15) is 14.4 Å². The van der Waals surface area contributed by atoms with Crippen molar-refractivity contribution < 1.29 is 19.1 Å². The predicted molar refractivity (Wildman–Crippen MR) is 124 cm³/mol. The molecule has 6 rings (SSSR count). The van der Waals surface area contributed by atoms with E-state index >= 15 is 0 Å². The highest BCUT2D eigenvalue weighted by Gasteiger charge is 2.39. The molecule has 2 aliphatic carbocycles. The van der Waals surface area contributed by atoms with Crippen LogP contribution >= 0.6 is 0 Å². The molecule has 5 aliphatic rings. The fraction of sp³-hybridized carbons (Fsp3) is 0.654. The first-order valence-electron chi connectivity index (χ1n) is 12.7. The third-order valence-corrected chi connectivity index (χ3v) is 7.98. The Balaban J connectivity index is 0.000000238. The van der Waals surface area contributed by atoms with Crippen molar-refractivity contribution in [1.29, 1.82) is 0 Å². The van der Waals surface area contributed by atoms with Crippen LogP contribution in [0.3, 0.4) is 0 Å². The summed E-state index contributed by atoms with van der Waals surface area (Å²) in [6.45, 7) is 3.01. The molecule has 33 heavy (non-hydrogen) atoms. The number of imide groups is 1. The van der Waals surface area contributed by atoms with Crippen molar-refractivity contribution >= 4 is 17.7 Å². The number of carbonyl (C=O) groups is 3. The first kappa shape index (κ1) is 22.4. The number of amides is 3. The molecule has 1 unspecified atom stereocenters. The molecule has 7 heteroatoms. The minimum Gasteiger partial charge on any atom is -0.490 e. The van der Waals surface area contributed by atoms with Crippen molar-refractivity contribution in [2.45, 2.75) is 82.9 Å². The molecule has 1 aromatic rings. The summed E-state index contributed by atoms with van der Waals surface area (Å²) < 4.78 is 6.08. The molecule has 0 bridgehead atoms. The predicted octanol–water partition coefficient (Wildman–Crippen LogP) is 3.17. The van der Waals surface area contributed by atoms with Gasteiger partial charge in [-0.1, -0.05) is 25.7 Å². The van der Waals surface area contributed by atoms with Gasteiger partial charge < -0.3 is 15.0 Å². The molecule has 3 heterocycles. The molecule has 0 spiro atoms. The Kier molecular flexibility index (Phi) is 6.67. The van der Waals surface area contributed by atoms with Crippen LogP contribution < -0.4 is 15.4 Å². The Morgan fingerprint density at radius 3 is 2.27 bits per heavy atom. The zero-order valence-electron chi connectivity index (χ0n) is 19.3. The topological polar surface area (TPSA) is 87.7 Å². The molecule has 178 valence electrons. The minimum absolute atomic E-state index is 0.145. The Hall–Kier alpha value is -2.41. The summed E-state index contributed by atoms with van der Waals surface area (Å²) in [7, 11) is 0. The number of fused-ring (bicyclic) bond motifs is 1. The molecule has 2 saturated carbocycles. The summed E-state index contributed by atoms with van der Waals surface area (Å²) in [5.41, 5.74) is 1.52. The zero-order valence-corrected chi connectivity index (χ0v) is 19.3. The average molecular weight is 454 g/mol. The quantitative estimate of drug-likeness (QED) is 0.684. The fourth-order valence-electron chi connectivity index (χ4n) is 5.56. The van der Waals surface area contributed by atoms with Crippen LogP contribution in [-0.4, -0.2) is 47.9 Å². The highest BCUT2D eigenvalue weighted by atomic mass is 16.5. The molecular formula is C26H35N3O4. The molecular weight excluding hydrogens is 418 g/mol. The first-order chi connectivity index (χ1) is 16.1. The molecule has 1 aromatic carbocycles. The van der Waals surface area contributed by atoms with E-state index in [2.05, 4.69) is 10.6 Å². The highest BCUT2D eigenvalue weighted by molar-refractivity contribution is 6.05. The van der Waals surface area contributed by atoms with E-state index in [0.717, 1.165) is 36.0 Å². The lowest BCUT2D eigenvalue weighted by Crippen LogP contribution is -2.52. The number of piperidine rings is 1. The maximum absolute atomic E-state index is 12.6. The molecule has 4 fully saturated rings. The van der Waals surface area contributed by atoms with Crippen LogP contribution in [0.2, 0.25) is 0 Å². The molecule has 0 aromatic heterocycles. The minimum atomic E-state index is -0.569. The Morgan fingerprint density at radius 2 is 1.67 bits per heavy atom. The molecule has 2 N–H and O–H groups in total. The lowest BCUT2D eigenvalue weighted by atomic mass is 9.73. The van der Waals surface area contributed by atoms with Crippen LogP contribution in [0.15, 0.2) is 18.2 Å². The van der Waals surface area contributed by atoms with Crippen molar-refractivity contribution in [2.75, 3.05) is 13.1 Å². The van der Waals surface area contributed by atoms with Crippen molar-refractivity contribution in [2.24, 2.45) is 11.8 Å². The van der Waals surface area contributed by atoms with Gasteiger partial charge in [0.25, 0.3) is 5.91 Å². The Labute approximate surface area is 195 Å². The van der Waals surface area contributed by atoms with E-state index < -0.39 is 6.04 Å². The van der Waals surface area contributed by atoms with Crippen molar-refractivity contribution in [3.63, 3.8) is 0 Å². The normalized spacial score (nSPS) is 26.0. The summed E-state index contributed by atoms with van der Waals surface area (Å²) in [6.07, 6.45) is 11.3. The van der Waals surface area contributed by atoms with E-state index in [1.54, 1.807) is 11.0 Å². The highest BCUT2D eigenvalue weighted by Crippen LogP contribution is 2.35. The first-order valence-corrected chi connectivity index (χ1v) is 12.7. The number of nitrogens with zero attached hydrogens (tertiary/aromatic N) is 1. The number of hydrogen-bond acceptors (Lipinski definition) is 5. The summed E-state index contributed by atoms with van der Waals surface area (Å²) >= 11 is 0. The number of benzene rings is 1. The summed E-state index contributed by atoms with van der Waals surface area (Å²) in [5.74, 6) is 2.20. The van der Waals surface area contributed by atoms with Gasteiger partial charge in [0.15, 0.2) is 0 Å². The van der Waals surface area contributed by atoms with Crippen LogP contribution in [0.1, 0.15) is 80.1 Å². The summed E-state index contributed by atoms with van der Waals surface area (Å²) in [5, 5.41) is 5.63. The summed E-state index contributed by atoms with van der Waals surface area (Å²) in [4.78, 5) is 37.6.